The standard InChI is InChI=1S/C23H29N5OS/c1-17-16-30-23(24-17)26-22-7-3-5-20(25-22)21-6-4-12-28(21)15-18-8-10-19(11-9-18)27(2)13-14-29/h3,5,7-11,16,21,29H,4,6,12-15H2,1-2H3,(H,24,25,26)/t21-/m1/s1. The maximum absolute atomic E-state index is 9.12. The fourth-order valence-corrected chi connectivity index (χ4v) is 4.64. The molecule has 4 rings (SSSR count). The van der Waals surface area contributed by atoms with Gasteiger partial charge in [-0.05, 0) is 56.1 Å². The highest BCUT2D eigenvalue weighted by molar-refractivity contribution is 7.13. The number of anilines is 3. The molecule has 1 aromatic carbocycles. The Morgan fingerprint density at radius 1 is 1.20 bits per heavy atom. The molecule has 6 nitrogen and oxygen atoms in total. The van der Waals surface area contributed by atoms with Gasteiger partial charge in [0.1, 0.15) is 5.82 Å². The van der Waals surface area contributed by atoms with Gasteiger partial charge in [0.2, 0.25) is 0 Å². The normalized spacial score (nSPS) is 16.7. The molecule has 0 amide bonds. The Bertz CT molecular complexity index is 958. The van der Waals surface area contributed by atoms with Crippen molar-refractivity contribution in [3.8, 4) is 0 Å². The SMILES string of the molecule is Cc1csc(Nc2cccc([C@H]3CCCN3Cc3ccc(N(C)CCO)cc3)n2)n1. The summed E-state index contributed by atoms with van der Waals surface area (Å²) >= 11 is 1.60. The van der Waals surface area contributed by atoms with Gasteiger partial charge in [0, 0.05) is 31.2 Å². The van der Waals surface area contributed by atoms with Crippen LogP contribution in [-0.4, -0.2) is 46.7 Å². The fourth-order valence-electron chi connectivity index (χ4n) is 3.95. The number of aryl methyl sites for hydroxylation is 1. The van der Waals surface area contributed by atoms with Crippen LogP contribution in [0.1, 0.15) is 35.8 Å². The molecule has 1 fully saturated rings. The summed E-state index contributed by atoms with van der Waals surface area (Å²) in [6.45, 7) is 4.81. The fraction of sp³-hybridized carbons (Fsp3) is 0.391. The van der Waals surface area contributed by atoms with Gasteiger partial charge < -0.3 is 15.3 Å². The number of thiazole rings is 1. The van der Waals surface area contributed by atoms with E-state index in [2.05, 4.69) is 56.5 Å². The molecule has 0 spiro atoms. The van der Waals surface area contributed by atoms with Crippen LogP contribution in [-0.2, 0) is 6.54 Å². The number of hydrogen-bond donors (Lipinski definition) is 2. The molecule has 3 aromatic rings. The molecule has 1 aliphatic heterocycles. The number of aliphatic hydroxyl groups is 1. The van der Waals surface area contributed by atoms with Crippen LogP contribution >= 0.6 is 11.3 Å². The highest BCUT2D eigenvalue weighted by Crippen LogP contribution is 2.33. The van der Waals surface area contributed by atoms with Crippen LogP contribution in [0, 0.1) is 6.92 Å². The molecule has 0 radical (unpaired) electrons. The van der Waals surface area contributed by atoms with E-state index in [9.17, 15) is 0 Å². The number of pyridine rings is 1. The summed E-state index contributed by atoms with van der Waals surface area (Å²) in [5.74, 6) is 0.852. The lowest BCUT2D eigenvalue weighted by Gasteiger charge is -2.25. The summed E-state index contributed by atoms with van der Waals surface area (Å²) in [4.78, 5) is 14.0. The van der Waals surface area contributed by atoms with Crippen LogP contribution in [0.3, 0.4) is 0 Å². The van der Waals surface area contributed by atoms with Crippen molar-refractivity contribution in [2.75, 3.05) is 37.0 Å². The monoisotopic (exact) mass is 423 g/mol. The average molecular weight is 424 g/mol. The lowest BCUT2D eigenvalue weighted by molar-refractivity contribution is 0.244. The molecule has 3 heterocycles. The minimum Gasteiger partial charge on any atom is -0.395 e. The van der Waals surface area contributed by atoms with Gasteiger partial charge in [-0.2, -0.15) is 0 Å². The third-order valence-corrected chi connectivity index (χ3v) is 6.40. The van der Waals surface area contributed by atoms with Crippen LogP contribution in [0.2, 0.25) is 0 Å². The number of hydrogen-bond acceptors (Lipinski definition) is 7. The highest BCUT2D eigenvalue weighted by atomic mass is 32.1. The molecule has 0 bridgehead atoms. The first-order valence-electron chi connectivity index (χ1n) is 10.4. The van der Waals surface area contributed by atoms with Crippen LogP contribution in [0.5, 0.6) is 0 Å². The minimum absolute atomic E-state index is 0.163. The van der Waals surface area contributed by atoms with Gasteiger partial charge in [-0.3, -0.25) is 4.90 Å². The van der Waals surface area contributed by atoms with Crippen molar-refractivity contribution in [1.29, 1.82) is 0 Å². The molecule has 158 valence electrons. The number of likely N-dealkylation sites (tertiary alicyclic amines) is 1. The van der Waals surface area contributed by atoms with E-state index in [1.807, 2.05) is 25.4 Å². The second-order valence-corrected chi connectivity index (χ2v) is 8.66. The van der Waals surface area contributed by atoms with Crippen molar-refractivity contribution in [1.82, 2.24) is 14.9 Å². The third-order valence-electron chi connectivity index (χ3n) is 5.53. The Balaban J connectivity index is 1.44. The number of nitrogens with one attached hydrogen (secondary N) is 1. The summed E-state index contributed by atoms with van der Waals surface area (Å²) in [6.07, 6.45) is 2.32. The van der Waals surface area contributed by atoms with Gasteiger partial charge >= 0.3 is 0 Å². The van der Waals surface area contributed by atoms with E-state index in [0.29, 0.717) is 12.6 Å². The Kier molecular flexibility index (Phi) is 6.62. The molecule has 2 N–H and O–H groups in total. The maximum Gasteiger partial charge on any atom is 0.188 e. The van der Waals surface area contributed by atoms with E-state index in [1.54, 1.807) is 11.3 Å². The maximum atomic E-state index is 9.12. The number of aromatic nitrogens is 2. The number of benzene rings is 1. The molecule has 0 unspecified atom stereocenters. The van der Waals surface area contributed by atoms with Crippen molar-refractivity contribution >= 4 is 28.0 Å². The molecule has 0 aliphatic carbocycles. The van der Waals surface area contributed by atoms with Gasteiger partial charge in [0.25, 0.3) is 0 Å². The zero-order valence-corrected chi connectivity index (χ0v) is 18.4. The van der Waals surface area contributed by atoms with E-state index in [-0.39, 0.29) is 6.61 Å². The minimum atomic E-state index is 0.163. The Hall–Kier alpha value is -2.48. The lowest BCUT2D eigenvalue weighted by atomic mass is 10.1. The second-order valence-electron chi connectivity index (χ2n) is 7.81. The second kappa shape index (κ2) is 9.55. The Morgan fingerprint density at radius 3 is 2.77 bits per heavy atom. The van der Waals surface area contributed by atoms with Crippen LogP contribution in [0.25, 0.3) is 0 Å². The van der Waals surface area contributed by atoms with E-state index in [4.69, 9.17) is 10.1 Å². The summed E-state index contributed by atoms with van der Waals surface area (Å²) in [5, 5.41) is 15.4. The van der Waals surface area contributed by atoms with Gasteiger partial charge in [0.15, 0.2) is 5.13 Å². The number of likely N-dealkylation sites (N-methyl/N-ethyl adjacent to an activating group) is 1. The summed E-state index contributed by atoms with van der Waals surface area (Å²) in [7, 11) is 2.00. The molecule has 7 heteroatoms. The van der Waals surface area contributed by atoms with E-state index in [1.165, 1.54) is 12.0 Å². The van der Waals surface area contributed by atoms with Gasteiger partial charge in [-0.1, -0.05) is 18.2 Å². The van der Waals surface area contributed by atoms with Crippen molar-refractivity contribution in [2.45, 2.75) is 32.4 Å². The molecular weight excluding hydrogens is 394 g/mol. The summed E-state index contributed by atoms with van der Waals surface area (Å²) < 4.78 is 0. The molecule has 30 heavy (non-hydrogen) atoms. The first-order chi connectivity index (χ1) is 14.6. The van der Waals surface area contributed by atoms with Crippen molar-refractivity contribution in [3.05, 3.63) is 64.8 Å². The van der Waals surface area contributed by atoms with Crippen LogP contribution in [0.15, 0.2) is 47.8 Å². The smallest absolute Gasteiger partial charge is 0.188 e. The quantitative estimate of drug-likeness (QED) is 0.561. The number of nitrogens with zero attached hydrogens (tertiary/aromatic N) is 4. The first-order valence-corrected chi connectivity index (χ1v) is 11.3. The highest BCUT2D eigenvalue weighted by Gasteiger charge is 2.27. The number of aliphatic hydroxyl groups excluding tert-OH is 1. The van der Waals surface area contributed by atoms with Crippen LogP contribution < -0.4 is 10.2 Å². The zero-order chi connectivity index (χ0) is 20.9. The average Bonchev–Trinajstić information content (AvgIpc) is 3.38. The van der Waals surface area contributed by atoms with Crippen molar-refractivity contribution in [2.24, 2.45) is 0 Å². The van der Waals surface area contributed by atoms with Crippen molar-refractivity contribution in [3.63, 3.8) is 0 Å². The summed E-state index contributed by atoms with van der Waals surface area (Å²) in [6, 6.07) is 15.2. The number of rotatable bonds is 8. The van der Waals surface area contributed by atoms with E-state index in [0.717, 1.165) is 47.5 Å². The summed E-state index contributed by atoms with van der Waals surface area (Å²) in [5.41, 5.74) is 4.57. The topological polar surface area (TPSA) is 64.5 Å². The molecule has 2 aromatic heterocycles. The van der Waals surface area contributed by atoms with E-state index < -0.39 is 0 Å². The van der Waals surface area contributed by atoms with Crippen molar-refractivity contribution < 1.29 is 5.11 Å². The van der Waals surface area contributed by atoms with Gasteiger partial charge in [-0.15, -0.1) is 11.3 Å². The largest absolute Gasteiger partial charge is 0.395 e. The third kappa shape index (κ3) is 4.98. The molecule has 0 saturated carbocycles. The van der Waals surface area contributed by atoms with Gasteiger partial charge in [0.05, 0.1) is 24.0 Å². The van der Waals surface area contributed by atoms with E-state index >= 15 is 0 Å². The zero-order valence-electron chi connectivity index (χ0n) is 17.6. The molecule has 1 aliphatic rings. The molecule has 1 saturated heterocycles. The van der Waals surface area contributed by atoms with Crippen LogP contribution in [0.4, 0.5) is 16.6 Å². The molecular formula is C23H29N5OS. The van der Waals surface area contributed by atoms with Gasteiger partial charge in [-0.25, -0.2) is 9.97 Å². The lowest BCUT2D eigenvalue weighted by Crippen LogP contribution is -2.24. The Morgan fingerprint density at radius 2 is 2.03 bits per heavy atom. The predicted molar refractivity (Wildman–Crippen MR) is 124 cm³/mol. The Labute approximate surface area is 182 Å². The predicted octanol–water partition coefficient (Wildman–Crippen LogP) is 4.36. The molecule has 1 atom stereocenters. The first kappa shape index (κ1) is 20.8.